The summed E-state index contributed by atoms with van der Waals surface area (Å²) in [5.74, 6) is 0.0915. The lowest BCUT2D eigenvalue weighted by molar-refractivity contribution is -0.147. The lowest BCUT2D eigenvalue weighted by Gasteiger charge is -2.37. The number of carbonyl (C=O) groups excluding carboxylic acids is 2. The molecule has 74 valence electrons. The van der Waals surface area contributed by atoms with Gasteiger partial charge in [0.05, 0.1) is 0 Å². The van der Waals surface area contributed by atoms with E-state index in [-0.39, 0.29) is 24.4 Å². The van der Waals surface area contributed by atoms with Crippen LogP contribution >= 0.6 is 0 Å². The molecule has 1 unspecified atom stereocenters. The van der Waals surface area contributed by atoms with Gasteiger partial charge in [-0.1, -0.05) is 6.92 Å². The summed E-state index contributed by atoms with van der Waals surface area (Å²) >= 11 is 0. The summed E-state index contributed by atoms with van der Waals surface area (Å²) in [7, 11) is 1.77. The highest BCUT2D eigenvalue weighted by Crippen LogP contribution is 2.10. The number of carbonyl (C=O) groups is 2. The van der Waals surface area contributed by atoms with E-state index in [1.807, 2.05) is 13.8 Å². The zero-order chi connectivity index (χ0) is 10.0. The summed E-state index contributed by atoms with van der Waals surface area (Å²) in [5, 5.41) is 0. The molecule has 4 heteroatoms. The Morgan fingerprint density at radius 1 is 1.62 bits per heavy atom. The topological polar surface area (TPSA) is 40.6 Å². The molecule has 13 heavy (non-hydrogen) atoms. The van der Waals surface area contributed by atoms with Gasteiger partial charge in [-0.25, -0.2) is 0 Å². The molecule has 0 saturated carbocycles. The summed E-state index contributed by atoms with van der Waals surface area (Å²) in [5.41, 5.74) is 0. The highest BCUT2D eigenvalue weighted by Gasteiger charge is 2.29. The lowest BCUT2D eigenvalue weighted by Crippen LogP contribution is -2.55. The molecule has 0 aromatic heterocycles. The second-order valence-corrected chi connectivity index (χ2v) is 3.50. The molecule has 0 aliphatic carbocycles. The van der Waals surface area contributed by atoms with Gasteiger partial charge in [-0.05, 0) is 6.92 Å². The first-order valence-corrected chi connectivity index (χ1v) is 4.59. The molecule has 1 rings (SSSR count). The number of rotatable bonds is 1. The molecule has 1 heterocycles. The van der Waals surface area contributed by atoms with Crippen LogP contribution < -0.4 is 0 Å². The number of likely N-dealkylation sites (N-methyl/N-ethyl adjacent to an activating group) is 1. The number of hydrogen-bond acceptors (Lipinski definition) is 2. The zero-order valence-corrected chi connectivity index (χ0v) is 8.41. The largest absolute Gasteiger partial charge is 0.342 e. The van der Waals surface area contributed by atoms with Crippen LogP contribution in [0.1, 0.15) is 20.3 Å². The Morgan fingerprint density at radius 2 is 2.23 bits per heavy atom. The smallest absolute Gasteiger partial charge is 0.242 e. The number of amides is 2. The van der Waals surface area contributed by atoms with Crippen molar-refractivity contribution in [1.82, 2.24) is 9.80 Å². The van der Waals surface area contributed by atoms with Gasteiger partial charge < -0.3 is 9.80 Å². The van der Waals surface area contributed by atoms with Crippen LogP contribution in [0.4, 0.5) is 0 Å². The molecule has 1 aliphatic heterocycles. The Bertz CT molecular complexity index is 228. The van der Waals surface area contributed by atoms with Gasteiger partial charge in [-0.3, -0.25) is 9.59 Å². The molecular formula is C9H16N2O2. The highest BCUT2D eigenvalue weighted by atomic mass is 16.2. The van der Waals surface area contributed by atoms with Crippen LogP contribution in [0.25, 0.3) is 0 Å². The van der Waals surface area contributed by atoms with E-state index in [9.17, 15) is 9.59 Å². The van der Waals surface area contributed by atoms with E-state index in [2.05, 4.69) is 0 Å². The van der Waals surface area contributed by atoms with Crippen LogP contribution in [0, 0.1) is 0 Å². The summed E-state index contributed by atoms with van der Waals surface area (Å²) in [6.07, 6.45) is 0.474. The van der Waals surface area contributed by atoms with E-state index in [1.165, 1.54) is 0 Å². The normalized spacial score (nSPS) is 23.6. The van der Waals surface area contributed by atoms with Gasteiger partial charge in [0.1, 0.15) is 6.54 Å². The number of piperazine rings is 1. The average molecular weight is 184 g/mol. The van der Waals surface area contributed by atoms with Crippen molar-refractivity contribution in [2.75, 3.05) is 20.1 Å². The first-order chi connectivity index (χ1) is 6.06. The van der Waals surface area contributed by atoms with Crippen molar-refractivity contribution in [1.29, 1.82) is 0 Å². The summed E-state index contributed by atoms with van der Waals surface area (Å²) in [4.78, 5) is 26.0. The molecular weight excluding hydrogens is 168 g/mol. The van der Waals surface area contributed by atoms with Gasteiger partial charge in [-0.2, -0.15) is 0 Å². The summed E-state index contributed by atoms with van der Waals surface area (Å²) in [6, 6.07) is 0.148. The van der Waals surface area contributed by atoms with Crippen LogP contribution in [0.15, 0.2) is 0 Å². The molecule has 1 fully saturated rings. The predicted octanol–water partition coefficient (Wildman–Crippen LogP) is 0.0855. The van der Waals surface area contributed by atoms with Gasteiger partial charge in [-0.15, -0.1) is 0 Å². The Morgan fingerprint density at radius 3 is 2.77 bits per heavy atom. The van der Waals surface area contributed by atoms with Crippen molar-refractivity contribution < 1.29 is 9.59 Å². The first kappa shape index (κ1) is 10.0. The van der Waals surface area contributed by atoms with Gasteiger partial charge >= 0.3 is 0 Å². The van der Waals surface area contributed by atoms with Gasteiger partial charge in [0.15, 0.2) is 0 Å². The van der Waals surface area contributed by atoms with Crippen molar-refractivity contribution in [3.8, 4) is 0 Å². The quantitative estimate of drug-likeness (QED) is 0.579. The maximum absolute atomic E-state index is 11.4. The number of hydrogen-bond donors (Lipinski definition) is 0. The maximum Gasteiger partial charge on any atom is 0.242 e. The number of nitrogens with zero attached hydrogens (tertiary/aromatic N) is 2. The van der Waals surface area contributed by atoms with E-state index < -0.39 is 0 Å². The molecule has 2 amide bonds. The molecule has 0 bridgehead atoms. The highest BCUT2D eigenvalue weighted by molar-refractivity contribution is 5.86. The van der Waals surface area contributed by atoms with Crippen molar-refractivity contribution in [3.63, 3.8) is 0 Å². The second-order valence-electron chi connectivity index (χ2n) is 3.50. The van der Waals surface area contributed by atoms with Crippen molar-refractivity contribution in [2.24, 2.45) is 0 Å². The second kappa shape index (κ2) is 3.77. The van der Waals surface area contributed by atoms with Crippen molar-refractivity contribution >= 4 is 11.8 Å². The SMILES string of the molecule is CCC(=O)N1CC(=O)N(C)CC1C. The first-order valence-electron chi connectivity index (χ1n) is 4.59. The molecule has 0 aromatic rings. The lowest BCUT2D eigenvalue weighted by atomic mass is 10.2. The molecule has 0 spiro atoms. The standard InChI is InChI=1S/C9H16N2O2/c1-4-8(12)11-6-9(13)10(3)5-7(11)2/h7H,4-6H2,1-3H3. The third kappa shape index (κ3) is 1.99. The van der Waals surface area contributed by atoms with Gasteiger partial charge in [0.2, 0.25) is 11.8 Å². The third-order valence-electron chi connectivity index (χ3n) is 2.42. The fraction of sp³-hybridized carbons (Fsp3) is 0.778. The van der Waals surface area contributed by atoms with Crippen molar-refractivity contribution in [3.05, 3.63) is 0 Å². The zero-order valence-electron chi connectivity index (χ0n) is 8.41. The van der Waals surface area contributed by atoms with Crippen LogP contribution in [-0.2, 0) is 9.59 Å². The Hall–Kier alpha value is -1.06. The Labute approximate surface area is 78.5 Å². The van der Waals surface area contributed by atoms with E-state index in [1.54, 1.807) is 16.8 Å². The fourth-order valence-corrected chi connectivity index (χ4v) is 1.56. The van der Waals surface area contributed by atoms with E-state index >= 15 is 0 Å². The Kier molecular flexibility index (Phi) is 2.90. The van der Waals surface area contributed by atoms with Crippen LogP contribution in [0.2, 0.25) is 0 Å². The predicted molar refractivity (Wildman–Crippen MR) is 49.1 cm³/mol. The Balaban J connectivity index is 2.66. The summed E-state index contributed by atoms with van der Waals surface area (Å²) in [6.45, 7) is 4.67. The molecule has 1 saturated heterocycles. The van der Waals surface area contributed by atoms with E-state index in [4.69, 9.17) is 0 Å². The van der Waals surface area contributed by atoms with Gasteiger partial charge in [0.25, 0.3) is 0 Å². The van der Waals surface area contributed by atoms with Gasteiger partial charge in [0, 0.05) is 26.1 Å². The maximum atomic E-state index is 11.4. The molecule has 0 aromatic carbocycles. The molecule has 1 aliphatic rings. The molecule has 0 radical (unpaired) electrons. The van der Waals surface area contributed by atoms with Crippen LogP contribution in [0.5, 0.6) is 0 Å². The van der Waals surface area contributed by atoms with Crippen molar-refractivity contribution in [2.45, 2.75) is 26.3 Å². The average Bonchev–Trinajstić information content (AvgIpc) is 2.10. The molecule has 4 nitrogen and oxygen atoms in total. The fourth-order valence-electron chi connectivity index (χ4n) is 1.56. The minimum Gasteiger partial charge on any atom is -0.342 e. The van der Waals surface area contributed by atoms with E-state index in [0.29, 0.717) is 13.0 Å². The van der Waals surface area contributed by atoms with Crippen LogP contribution in [0.3, 0.4) is 0 Å². The monoisotopic (exact) mass is 184 g/mol. The third-order valence-corrected chi connectivity index (χ3v) is 2.42. The molecule has 1 atom stereocenters. The van der Waals surface area contributed by atoms with E-state index in [0.717, 1.165) is 0 Å². The summed E-state index contributed by atoms with van der Waals surface area (Å²) < 4.78 is 0. The minimum absolute atomic E-state index is 0.0277. The van der Waals surface area contributed by atoms with Crippen LogP contribution in [-0.4, -0.2) is 47.8 Å². The minimum atomic E-state index is 0.0277. The molecule has 0 N–H and O–H groups in total.